The van der Waals surface area contributed by atoms with Gasteiger partial charge in [0.15, 0.2) is 5.83 Å². The first kappa shape index (κ1) is 23.6. The summed E-state index contributed by atoms with van der Waals surface area (Å²) in [6.07, 6.45) is 3.94. The van der Waals surface area contributed by atoms with Crippen LogP contribution in [0.2, 0.25) is 0 Å². The molecule has 1 amide bonds. The third-order valence-electron chi connectivity index (χ3n) is 5.89. The van der Waals surface area contributed by atoms with E-state index < -0.39 is 27.7 Å². The smallest absolute Gasteiger partial charge is 0.340 e. The molecular formula is C23H25FN2O5S2. The van der Waals surface area contributed by atoms with Gasteiger partial charge >= 0.3 is 5.97 Å². The molecule has 10 heteroatoms. The topological polar surface area (TPSA) is 84.0 Å². The molecule has 4 rings (SSSR count). The Morgan fingerprint density at radius 2 is 1.79 bits per heavy atom. The highest BCUT2D eigenvalue weighted by Crippen LogP contribution is 2.39. The molecule has 3 heterocycles. The molecule has 0 atom stereocenters. The number of carbonyl (C=O) groups excluding carboxylic acids is 2. The molecule has 1 saturated heterocycles. The zero-order valence-electron chi connectivity index (χ0n) is 18.3. The molecule has 1 fully saturated rings. The highest BCUT2D eigenvalue weighted by molar-refractivity contribution is 7.91. The standard InChI is InChI=1S/C23H25FN2O5S2/c1-31-22(28)20-17-10-13-25(21(27)18(24)14-16-8-4-2-5-9-16)15-19(17)32-23(20)33(29,30)26-11-6-3-7-12-26/h2,4-5,8-9,14H,3,6-7,10-13,15H2,1H3/b18-14-. The van der Waals surface area contributed by atoms with Crippen molar-refractivity contribution >= 4 is 39.3 Å². The lowest BCUT2D eigenvalue weighted by Crippen LogP contribution is -2.36. The number of rotatable bonds is 5. The number of esters is 1. The molecule has 2 aromatic rings. The van der Waals surface area contributed by atoms with Gasteiger partial charge in [-0.2, -0.15) is 4.31 Å². The number of halogens is 1. The molecule has 33 heavy (non-hydrogen) atoms. The first-order valence-corrected chi connectivity index (χ1v) is 13.0. The predicted octanol–water partition coefficient (Wildman–Crippen LogP) is 3.60. The third kappa shape index (κ3) is 4.73. The van der Waals surface area contributed by atoms with E-state index in [1.807, 2.05) is 0 Å². The van der Waals surface area contributed by atoms with Crippen molar-refractivity contribution in [2.45, 2.75) is 36.4 Å². The maximum absolute atomic E-state index is 14.6. The van der Waals surface area contributed by atoms with E-state index in [2.05, 4.69) is 0 Å². The monoisotopic (exact) mass is 492 g/mol. The maximum atomic E-state index is 14.6. The number of carbonyl (C=O) groups is 2. The van der Waals surface area contributed by atoms with Crippen LogP contribution in [0.5, 0.6) is 0 Å². The Morgan fingerprint density at radius 3 is 2.45 bits per heavy atom. The normalized spacial score (nSPS) is 17.5. The molecule has 0 radical (unpaired) electrons. The molecule has 1 aromatic carbocycles. The minimum absolute atomic E-state index is 0.0361. The van der Waals surface area contributed by atoms with Gasteiger partial charge in [0, 0.05) is 24.5 Å². The Balaban J connectivity index is 1.64. The summed E-state index contributed by atoms with van der Waals surface area (Å²) >= 11 is 0.977. The maximum Gasteiger partial charge on any atom is 0.340 e. The van der Waals surface area contributed by atoms with Crippen molar-refractivity contribution in [3.8, 4) is 0 Å². The summed E-state index contributed by atoms with van der Waals surface area (Å²) in [5, 5.41) is 0. The fourth-order valence-electron chi connectivity index (χ4n) is 4.17. The second kappa shape index (κ2) is 9.74. The lowest BCUT2D eigenvalue weighted by atomic mass is 10.0. The zero-order chi connectivity index (χ0) is 23.6. The van der Waals surface area contributed by atoms with E-state index >= 15 is 0 Å². The van der Waals surface area contributed by atoms with Gasteiger partial charge in [-0.05, 0) is 36.5 Å². The van der Waals surface area contributed by atoms with Crippen molar-refractivity contribution in [2.24, 2.45) is 0 Å². The van der Waals surface area contributed by atoms with Gasteiger partial charge in [0.2, 0.25) is 0 Å². The van der Waals surface area contributed by atoms with Gasteiger partial charge in [-0.1, -0.05) is 36.8 Å². The molecular weight excluding hydrogens is 467 g/mol. The van der Waals surface area contributed by atoms with Crippen molar-refractivity contribution in [1.82, 2.24) is 9.21 Å². The van der Waals surface area contributed by atoms with Gasteiger partial charge in [0.05, 0.1) is 19.2 Å². The van der Waals surface area contributed by atoms with E-state index in [4.69, 9.17) is 4.74 Å². The van der Waals surface area contributed by atoms with Crippen molar-refractivity contribution in [3.63, 3.8) is 0 Å². The van der Waals surface area contributed by atoms with Gasteiger partial charge < -0.3 is 9.64 Å². The summed E-state index contributed by atoms with van der Waals surface area (Å²) in [5.41, 5.74) is 1.19. The summed E-state index contributed by atoms with van der Waals surface area (Å²) in [5.74, 6) is -2.37. The molecule has 0 spiro atoms. The number of amides is 1. The fraction of sp³-hybridized carbons (Fsp3) is 0.391. The number of methoxy groups -OCH3 is 1. The van der Waals surface area contributed by atoms with Crippen molar-refractivity contribution < 1.29 is 27.1 Å². The molecule has 0 saturated carbocycles. The summed E-state index contributed by atoms with van der Waals surface area (Å²) in [7, 11) is -2.66. The van der Waals surface area contributed by atoms with Crippen molar-refractivity contribution in [2.75, 3.05) is 26.7 Å². The van der Waals surface area contributed by atoms with E-state index in [0.717, 1.165) is 30.6 Å². The number of benzene rings is 1. The van der Waals surface area contributed by atoms with Gasteiger partial charge in [-0.15, -0.1) is 11.3 Å². The number of fused-ring (bicyclic) bond motifs is 1. The van der Waals surface area contributed by atoms with Crippen LogP contribution in [-0.2, 0) is 32.5 Å². The predicted molar refractivity (Wildman–Crippen MR) is 123 cm³/mol. The number of ether oxygens (including phenoxy) is 1. The first-order valence-electron chi connectivity index (χ1n) is 10.8. The molecule has 176 valence electrons. The number of thiophene rings is 1. The van der Waals surface area contributed by atoms with E-state index in [1.165, 1.54) is 22.4 Å². The molecule has 0 unspecified atom stereocenters. The summed E-state index contributed by atoms with van der Waals surface area (Å²) < 4.78 is 47.6. The second-order valence-corrected chi connectivity index (χ2v) is 11.2. The lowest BCUT2D eigenvalue weighted by Gasteiger charge is -2.26. The Morgan fingerprint density at radius 1 is 1.09 bits per heavy atom. The van der Waals surface area contributed by atoms with Crippen molar-refractivity contribution in [3.05, 3.63) is 57.7 Å². The first-order chi connectivity index (χ1) is 15.8. The Bertz CT molecular complexity index is 1180. The van der Waals surface area contributed by atoms with Crippen LogP contribution in [0, 0.1) is 0 Å². The number of nitrogens with zero attached hydrogens (tertiary/aromatic N) is 2. The minimum Gasteiger partial charge on any atom is -0.465 e. The average Bonchev–Trinajstić information content (AvgIpc) is 3.24. The Labute approximate surface area is 196 Å². The number of piperidine rings is 1. The summed E-state index contributed by atoms with van der Waals surface area (Å²) in [6, 6.07) is 8.69. The summed E-state index contributed by atoms with van der Waals surface area (Å²) in [6.45, 7) is 1.03. The zero-order valence-corrected chi connectivity index (χ0v) is 19.9. The van der Waals surface area contributed by atoms with E-state index in [0.29, 0.717) is 29.1 Å². The lowest BCUT2D eigenvalue weighted by molar-refractivity contribution is -0.129. The van der Waals surface area contributed by atoms with Gasteiger partial charge in [0.1, 0.15) is 4.21 Å². The average molecular weight is 493 g/mol. The van der Waals surface area contributed by atoms with E-state index in [9.17, 15) is 22.4 Å². The summed E-state index contributed by atoms with van der Waals surface area (Å²) in [4.78, 5) is 27.2. The van der Waals surface area contributed by atoms with E-state index in [1.54, 1.807) is 30.3 Å². The Kier molecular flexibility index (Phi) is 6.96. The van der Waals surface area contributed by atoms with Gasteiger partial charge in [-0.25, -0.2) is 17.6 Å². The van der Waals surface area contributed by atoms with Crippen LogP contribution in [0.4, 0.5) is 4.39 Å². The van der Waals surface area contributed by atoms with Crippen LogP contribution in [0.1, 0.15) is 45.6 Å². The molecule has 0 aliphatic carbocycles. The highest BCUT2D eigenvalue weighted by atomic mass is 32.2. The Hall–Kier alpha value is -2.56. The fourth-order valence-corrected chi connectivity index (χ4v) is 7.73. The third-order valence-corrected chi connectivity index (χ3v) is 9.50. The number of sulfonamides is 1. The second-order valence-electron chi connectivity index (χ2n) is 8.00. The van der Waals surface area contributed by atoms with E-state index in [-0.39, 0.29) is 29.3 Å². The van der Waals surface area contributed by atoms with Crippen LogP contribution in [0.25, 0.3) is 6.08 Å². The molecule has 2 aliphatic rings. The van der Waals surface area contributed by atoms with Crippen LogP contribution in [0.3, 0.4) is 0 Å². The SMILES string of the molecule is COC(=O)c1c(S(=O)(=O)N2CCCCC2)sc2c1CCN(C(=O)/C(F)=C/c1ccccc1)C2. The molecule has 2 aliphatic heterocycles. The minimum atomic E-state index is -3.87. The van der Waals surface area contributed by atoms with Crippen molar-refractivity contribution in [1.29, 1.82) is 0 Å². The van der Waals surface area contributed by atoms with Crippen LogP contribution < -0.4 is 0 Å². The van der Waals surface area contributed by atoms with Crippen LogP contribution in [0.15, 0.2) is 40.4 Å². The quantitative estimate of drug-likeness (QED) is 0.470. The molecule has 1 aromatic heterocycles. The van der Waals surface area contributed by atoms with Gasteiger partial charge in [-0.3, -0.25) is 4.79 Å². The van der Waals surface area contributed by atoms with Crippen LogP contribution in [-0.4, -0.2) is 56.2 Å². The van der Waals surface area contributed by atoms with Crippen LogP contribution >= 0.6 is 11.3 Å². The molecule has 7 nitrogen and oxygen atoms in total. The highest BCUT2D eigenvalue weighted by Gasteiger charge is 2.38. The number of hydrogen-bond donors (Lipinski definition) is 0. The molecule has 0 N–H and O–H groups in total. The number of hydrogen-bond acceptors (Lipinski definition) is 6. The molecule has 0 bridgehead atoms. The largest absolute Gasteiger partial charge is 0.465 e. The van der Waals surface area contributed by atoms with Gasteiger partial charge in [0.25, 0.3) is 15.9 Å².